The molecule has 80 valence electrons. The Labute approximate surface area is 93.1 Å². The summed E-state index contributed by atoms with van der Waals surface area (Å²) in [5.41, 5.74) is 0. The molecule has 2 rings (SSSR count). The van der Waals surface area contributed by atoms with Gasteiger partial charge < -0.3 is 10.4 Å². The van der Waals surface area contributed by atoms with E-state index in [-0.39, 0.29) is 6.10 Å². The van der Waals surface area contributed by atoms with Crippen molar-refractivity contribution in [2.24, 2.45) is 4.99 Å². The van der Waals surface area contributed by atoms with Crippen LogP contribution in [0.25, 0.3) is 0 Å². The van der Waals surface area contributed by atoms with Crippen LogP contribution in [0.1, 0.15) is 19.8 Å². The number of rotatable bonds is 1. The Kier molecular flexibility index (Phi) is 3.29. The maximum atomic E-state index is 9.87. The van der Waals surface area contributed by atoms with Gasteiger partial charge in [0.1, 0.15) is 0 Å². The average molecular weight is 232 g/mol. The predicted molar refractivity (Wildman–Crippen MR) is 64.0 cm³/mol. The van der Waals surface area contributed by atoms with Crippen LogP contribution in [0.5, 0.6) is 0 Å². The molecule has 0 radical (unpaired) electrons. The highest BCUT2D eigenvalue weighted by Gasteiger charge is 2.41. The molecule has 14 heavy (non-hydrogen) atoms. The van der Waals surface area contributed by atoms with Crippen LogP contribution in [-0.4, -0.2) is 39.3 Å². The Morgan fingerprint density at radius 1 is 1.64 bits per heavy atom. The minimum Gasteiger partial charge on any atom is -0.392 e. The summed E-state index contributed by atoms with van der Waals surface area (Å²) >= 11 is 3.71. The van der Waals surface area contributed by atoms with Gasteiger partial charge in [0.25, 0.3) is 0 Å². The normalized spacial score (nSPS) is 44.9. The second kappa shape index (κ2) is 4.33. The van der Waals surface area contributed by atoms with Crippen LogP contribution in [-0.2, 0) is 0 Å². The maximum Gasteiger partial charge on any atom is 0.157 e. The average Bonchev–Trinajstić information content (AvgIpc) is 2.58. The zero-order valence-electron chi connectivity index (χ0n) is 8.43. The lowest BCUT2D eigenvalue weighted by molar-refractivity contribution is 0.145. The molecular weight excluding hydrogens is 216 g/mol. The lowest BCUT2D eigenvalue weighted by Gasteiger charge is -2.33. The summed E-state index contributed by atoms with van der Waals surface area (Å²) in [4.78, 5) is 4.16. The van der Waals surface area contributed by atoms with Gasteiger partial charge in [-0.2, -0.15) is 0 Å². The second-order valence-corrected chi connectivity index (χ2v) is 6.47. The number of nitrogens with zero attached hydrogens (tertiary/aromatic N) is 1. The van der Waals surface area contributed by atoms with Crippen LogP contribution in [0.2, 0.25) is 0 Å². The molecule has 5 heteroatoms. The zero-order valence-corrected chi connectivity index (χ0v) is 10.1. The highest BCUT2D eigenvalue weighted by molar-refractivity contribution is 8.25. The van der Waals surface area contributed by atoms with Crippen LogP contribution in [0, 0.1) is 0 Å². The molecule has 2 aliphatic rings. The van der Waals surface area contributed by atoms with E-state index < -0.39 is 0 Å². The minimum absolute atomic E-state index is 0.157. The van der Waals surface area contributed by atoms with E-state index in [0.29, 0.717) is 15.9 Å². The fraction of sp³-hybridized carbons (Fsp3) is 0.889. The lowest BCUT2D eigenvalue weighted by atomic mass is 10.1. The van der Waals surface area contributed by atoms with Crippen molar-refractivity contribution in [3.63, 3.8) is 0 Å². The molecule has 3 nitrogen and oxygen atoms in total. The van der Waals surface area contributed by atoms with E-state index in [1.54, 1.807) is 11.8 Å². The smallest absolute Gasteiger partial charge is 0.157 e. The van der Waals surface area contributed by atoms with Gasteiger partial charge in [0.15, 0.2) is 5.17 Å². The summed E-state index contributed by atoms with van der Waals surface area (Å²) in [6, 6.07) is 0.404. The number of hydrogen-bond acceptors (Lipinski definition) is 4. The summed E-state index contributed by atoms with van der Waals surface area (Å²) < 4.78 is 0.544. The first-order chi connectivity index (χ1) is 6.74. The Bertz CT molecular complexity index is 247. The van der Waals surface area contributed by atoms with Gasteiger partial charge in [-0.3, -0.25) is 4.99 Å². The molecule has 4 atom stereocenters. The van der Waals surface area contributed by atoms with Crippen molar-refractivity contribution in [3.8, 4) is 0 Å². The molecule has 0 aliphatic carbocycles. The van der Waals surface area contributed by atoms with E-state index in [0.717, 1.165) is 18.0 Å². The summed E-state index contributed by atoms with van der Waals surface area (Å²) in [6.07, 6.45) is 1.76. The van der Waals surface area contributed by atoms with Gasteiger partial charge in [-0.25, -0.2) is 0 Å². The Balaban J connectivity index is 2.03. The van der Waals surface area contributed by atoms with Gasteiger partial charge in [-0.15, -0.1) is 11.8 Å². The first-order valence-electron chi connectivity index (χ1n) is 4.98. The van der Waals surface area contributed by atoms with Crippen molar-refractivity contribution >= 4 is 28.7 Å². The van der Waals surface area contributed by atoms with E-state index in [1.165, 1.54) is 0 Å². The molecule has 0 saturated carbocycles. The maximum absolute atomic E-state index is 9.87. The first-order valence-corrected chi connectivity index (χ1v) is 6.80. The lowest BCUT2D eigenvalue weighted by Crippen LogP contribution is -2.42. The van der Waals surface area contributed by atoms with Crippen LogP contribution in [0.3, 0.4) is 0 Å². The van der Waals surface area contributed by atoms with Crippen molar-refractivity contribution in [1.29, 1.82) is 0 Å². The third-order valence-corrected chi connectivity index (χ3v) is 6.00. The molecule has 0 aromatic rings. The molecule has 0 aromatic carbocycles. The summed E-state index contributed by atoms with van der Waals surface area (Å²) in [5, 5.41) is 14.6. The summed E-state index contributed by atoms with van der Waals surface area (Å²) in [5.74, 6) is 0. The SMILES string of the molecule is CCC1SC2SC(=NC)NC2CC1O. The van der Waals surface area contributed by atoms with Crippen molar-refractivity contribution in [2.45, 2.75) is 41.7 Å². The fourth-order valence-electron chi connectivity index (χ4n) is 1.91. The number of thioether (sulfide) groups is 2. The molecule has 0 amide bonds. The molecule has 2 fully saturated rings. The zero-order chi connectivity index (χ0) is 10.1. The van der Waals surface area contributed by atoms with Crippen molar-refractivity contribution in [3.05, 3.63) is 0 Å². The Morgan fingerprint density at radius 2 is 2.43 bits per heavy atom. The predicted octanol–water partition coefficient (Wildman–Crippen LogP) is 1.28. The van der Waals surface area contributed by atoms with E-state index in [4.69, 9.17) is 0 Å². The van der Waals surface area contributed by atoms with E-state index >= 15 is 0 Å². The third kappa shape index (κ3) is 1.90. The highest BCUT2D eigenvalue weighted by Crippen LogP contribution is 2.43. The van der Waals surface area contributed by atoms with Gasteiger partial charge >= 0.3 is 0 Å². The summed E-state index contributed by atoms with van der Waals surface area (Å²) in [7, 11) is 1.81. The van der Waals surface area contributed by atoms with Gasteiger partial charge in [0, 0.05) is 12.3 Å². The molecule has 4 unspecified atom stereocenters. The number of aliphatic hydroxyl groups excluding tert-OH is 1. The molecule has 0 bridgehead atoms. The van der Waals surface area contributed by atoms with Crippen LogP contribution >= 0.6 is 23.5 Å². The van der Waals surface area contributed by atoms with Crippen LogP contribution in [0.4, 0.5) is 0 Å². The Hall–Kier alpha value is 0.130. The molecular formula is C9H16N2OS2. The number of hydrogen-bond donors (Lipinski definition) is 2. The number of aliphatic hydroxyl groups is 1. The van der Waals surface area contributed by atoms with E-state index in [2.05, 4.69) is 17.2 Å². The van der Waals surface area contributed by atoms with Crippen LogP contribution < -0.4 is 5.32 Å². The van der Waals surface area contributed by atoms with Gasteiger partial charge in [0.05, 0.1) is 16.7 Å². The van der Waals surface area contributed by atoms with Gasteiger partial charge in [-0.1, -0.05) is 18.7 Å². The quantitative estimate of drug-likeness (QED) is 0.715. The summed E-state index contributed by atoms with van der Waals surface area (Å²) in [6.45, 7) is 2.14. The molecule has 2 N–H and O–H groups in total. The Morgan fingerprint density at radius 3 is 3.07 bits per heavy atom. The second-order valence-electron chi connectivity index (χ2n) is 3.65. The first kappa shape index (κ1) is 10.6. The monoisotopic (exact) mass is 232 g/mol. The third-order valence-electron chi connectivity index (χ3n) is 2.70. The minimum atomic E-state index is -0.157. The molecule has 2 aliphatic heterocycles. The van der Waals surface area contributed by atoms with Crippen molar-refractivity contribution in [1.82, 2.24) is 5.32 Å². The van der Waals surface area contributed by atoms with Gasteiger partial charge in [-0.05, 0) is 12.8 Å². The van der Waals surface area contributed by atoms with E-state index in [9.17, 15) is 5.11 Å². The van der Waals surface area contributed by atoms with Crippen LogP contribution in [0.15, 0.2) is 4.99 Å². The van der Waals surface area contributed by atoms with Crippen molar-refractivity contribution < 1.29 is 5.11 Å². The number of amidine groups is 1. The molecule has 0 spiro atoms. The molecule has 2 saturated heterocycles. The largest absolute Gasteiger partial charge is 0.392 e. The number of aliphatic imine (C=N–C) groups is 1. The highest BCUT2D eigenvalue weighted by atomic mass is 32.2. The number of fused-ring (bicyclic) bond motifs is 1. The topological polar surface area (TPSA) is 44.6 Å². The van der Waals surface area contributed by atoms with E-state index in [1.807, 2.05) is 18.8 Å². The standard InChI is InChI=1S/C9H16N2OS2/c1-3-7-6(12)4-5-8(13-7)14-9(10-2)11-5/h5-8,12H,3-4H2,1-2H3,(H,10,11). The molecule has 2 heterocycles. The molecule has 0 aromatic heterocycles. The van der Waals surface area contributed by atoms with Gasteiger partial charge in [0.2, 0.25) is 0 Å². The fourth-order valence-corrected chi connectivity index (χ4v) is 4.92. The van der Waals surface area contributed by atoms with Crippen molar-refractivity contribution in [2.75, 3.05) is 7.05 Å². The number of nitrogens with one attached hydrogen (secondary N) is 1.